The lowest BCUT2D eigenvalue weighted by atomic mass is 9.97. The maximum atomic E-state index is 13.8. The van der Waals surface area contributed by atoms with Crippen molar-refractivity contribution in [1.29, 1.82) is 0 Å². The number of hydrogen-bond donors (Lipinski definition) is 0. The molecule has 0 aliphatic rings. The molecule has 0 N–H and O–H groups in total. The highest BCUT2D eigenvalue weighted by molar-refractivity contribution is 5.85. The van der Waals surface area contributed by atoms with Crippen LogP contribution in [0.1, 0.15) is 44.6 Å². The molecule has 0 aliphatic carbocycles. The molecule has 2 rings (SSSR count). The van der Waals surface area contributed by atoms with E-state index in [9.17, 15) is 8.78 Å². The van der Waals surface area contributed by atoms with Crippen molar-refractivity contribution < 1.29 is 8.78 Å². The molecule has 0 heterocycles. The fourth-order valence-electron chi connectivity index (χ4n) is 2.59. The smallest absolute Gasteiger partial charge is 0.207 e. The Morgan fingerprint density at radius 3 is 2.45 bits per heavy atom. The molecular weight excluding hydrogens is 254 g/mol. The SMILES string of the molecule is CCCCCC(F)(F)CCc1cccc2ccccc12. The molecule has 0 bridgehead atoms. The average molecular weight is 276 g/mol. The van der Waals surface area contributed by atoms with Gasteiger partial charge in [-0.05, 0) is 29.2 Å². The highest BCUT2D eigenvalue weighted by Crippen LogP contribution is 2.29. The molecule has 0 aromatic heterocycles. The van der Waals surface area contributed by atoms with Crippen molar-refractivity contribution in [2.45, 2.75) is 51.4 Å². The molecule has 0 fully saturated rings. The van der Waals surface area contributed by atoms with Crippen LogP contribution < -0.4 is 0 Å². The molecule has 0 radical (unpaired) electrons. The van der Waals surface area contributed by atoms with Gasteiger partial charge in [-0.3, -0.25) is 0 Å². The minimum Gasteiger partial charge on any atom is -0.207 e. The number of benzene rings is 2. The van der Waals surface area contributed by atoms with Crippen LogP contribution in [-0.4, -0.2) is 5.92 Å². The summed E-state index contributed by atoms with van der Waals surface area (Å²) in [5, 5.41) is 2.22. The fourth-order valence-corrected chi connectivity index (χ4v) is 2.59. The summed E-state index contributed by atoms with van der Waals surface area (Å²) in [5.74, 6) is -2.54. The van der Waals surface area contributed by atoms with Crippen LogP contribution in [0.4, 0.5) is 8.78 Å². The van der Waals surface area contributed by atoms with E-state index in [2.05, 4.69) is 0 Å². The Morgan fingerprint density at radius 1 is 0.900 bits per heavy atom. The number of halogens is 2. The van der Waals surface area contributed by atoms with Crippen LogP contribution in [0.5, 0.6) is 0 Å². The molecule has 0 saturated carbocycles. The lowest BCUT2D eigenvalue weighted by Gasteiger charge is -2.16. The van der Waals surface area contributed by atoms with E-state index in [0.717, 1.165) is 29.2 Å². The Balaban J connectivity index is 2.02. The number of rotatable bonds is 7. The zero-order chi connectivity index (χ0) is 14.4. The summed E-state index contributed by atoms with van der Waals surface area (Å²) in [6, 6.07) is 13.9. The second-order valence-corrected chi connectivity index (χ2v) is 5.45. The van der Waals surface area contributed by atoms with Gasteiger partial charge < -0.3 is 0 Å². The minimum absolute atomic E-state index is 0.0195. The minimum atomic E-state index is -2.54. The summed E-state index contributed by atoms with van der Waals surface area (Å²) in [4.78, 5) is 0. The Hall–Kier alpha value is -1.44. The molecule has 0 saturated heterocycles. The lowest BCUT2D eigenvalue weighted by Crippen LogP contribution is -2.16. The van der Waals surface area contributed by atoms with Crippen LogP contribution in [-0.2, 0) is 6.42 Å². The van der Waals surface area contributed by atoms with Crippen molar-refractivity contribution in [2.24, 2.45) is 0 Å². The molecule has 0 unspecified atom stereocenters. The van der Waals surface area contributed by atoms with Gasteiger partial charge in [0.1, 0.15) is 0 Å². The number of unbranched alkanes of at least 4 members (excludes halogenated alkanes) is 2. The van der Waals surface area contributed by atoms with Gasteiger partial charge in [-0.1, -0.05) is 62.2 Å². The van der Waals surface area contributed by atoms with E-state index in [-0.39, 0.29) is 12.8 Å². The van der Waals surface area contributed by atoms with E-state index in [4.69, 9.17) is 0 Å². The van der Waals surface area contributed by atoms with Crippen LogP contribution in [0.3, 0.4) is 0 Å². The number of hydrogen-bond acceptors (Lipinski definition) is 0. The Labute approximate surface area is 119 Å². The van der Waals surface area contributed by atoms with Gasteiger partial charge in [-0.15, -0.1) is 0 Å². The summed E-state index contributed by atoms with van der Waals surface area (Å²) in [6.07, 6.45) is 2.92. The molecule has 2 aromatic rings. The molecule has 20 heavy (non-hydrogen) atoms. The summed E-state index contributed by atoms with van der Waals surface area (Å²) in [5.41, 5.74) is 1.03. The first-order chi connectivity index (χ1) is 9.62. The van der Waals surface area contributed by atoms with Gasteiger partial charge >= 0.3 is 0 Å². The number of aryl methyl sites for hydroxylation is 1. The van der Waals surface area contributed by atoms with Gasteiger partial charge in [-0.25, -0.2) is 8.78 Å². The van der Waals surface area contributed by atoms with Gasteiger partial charge in [-0.2, -0.15) is 0 Å². The van der Waals surface area contributed by atoms with Crippen LogP contribution in [0.15, 0.2) is 42.5 Å². The van der Waals surface area contributed by atoms with E-state index in [0.29, 0.717) is 12.8 Å². The quantitative estimate of drug-likeness (QED) is 0.545. The zero-order valence-electron chi connectivity index (χ0n) is 12.0. The van der Waals surface area contributed by atoms with Gasteiger partial charge in [0.15, 0.2) is 0 Å². The van der Waals surface area contributed by atoms with Crippen molar-refractivity contribution in [2.75, 3.05) is 0 Å². The topological polar surface area (TPSA) is 0 Å². The Kier molecular flexibility index (Phi) is 5.11. The van der Waals surface area contributed by atoms with Crippen LogP contribution in [0.2, 0.25) is 0 Å². The van der Waals surface area contributed by atoms with Crippen molar-refractivity contribution >= 4 is 10.8 Å². The van der Waals surface area contributed by atoms with Gasteiger partial charge in [0.2, 0.25) is 5.92 Å². The molecule has 0 aliphatic heterocycles. The molecule has 108 valence electrons. The maximum Gasteiger partial charge on any atom is 0.248 e. The summed E-state index contributed by atoms with van der Waals surface area (Å²) in [6.45, 7) is 2.04. The lowest BCUT2D eigenvalue weighted by molar-refractivity contribution is -0.0179. The van der Waals surface area contributed by atoms with Crippen LogP contribution in [0.25, 0.3) is 10.8 Å². The predicted molar refractivity (Wildman–Crippen MR) is 81.4 cm³/mol. The van der Waals surface area contributed by atoms with E-state index in [1.165, 1.54) is 0 Å². The highest BCUT2D eigenvalue weighted by Gasteiger charge is 2.27. The standard InChI is InChI=1S/C18H22F2/c1-2-3-6-13-18(19,20)14-12-16-10-7-9-15-8-4-5-11-17(15)16/h4-5,7-11H,2-3,6,12-14H2,1H3. The largest absolute Gasteiger partial charge is 0.248 e. The molecule has 0 nitrogen and oxygen atoms in total. The first-order valence-corrected chi connectivity index (χ1v) is 7.47. The normalized spacial score (nSPS) is 11.9. The summed E-state index contributed by atoms with van der Waals surface area (Å²) < 4.78 is 27.7. The van der Waals surface area contributed by atoms with Crippen molar-refractivity contribution in [3.63, 3.8) is 0 Å². The fraction of sp³-hybridized carbons (Fsp3) is 0.444. The van der Waals surface area contributed by atoms with Crippen molar-refractivity contribution in [1.82, 2.24) is 0 Å². The maximum absolute atomic E-state index is 13.8. The van der Waals surface area contributed by atoms with Crippen LogP contribution >= 0.6 is 0 Å². The second-order valence-electron chi connectivity index (χ2n) is 5.45. The average Bonchev–Trinajstić information content (AvgIpc) is 2.45. The van der Waals surface area contributed by atoms with E-state index in [1.807, 2.05) is 49.4 Å². The molecule has 0 spiro atoms. The Morgan fingerprint density at radius 2 is 1.65 bits per heavy atom. The van der Waals surface area contributed by atoms with E-state index in [1.54, 1.807) is 0 Å². The molecular formula is C18H22F2. The Bertz CT molecular complexity index is 541. The molecule has 2 aromatic carbocycles. The third kappa shape index (κ3) is 4.03. The number of alkyl halides is 2. The summed E-state index contributed by atoms with van der Waals surface area (Å²) >= 11 is 0. The van der Waals surface area contributed by atoms with Gasteiger partial charge in [0.05, 0.1) is 0 Å². The third-order valence-corrected chi connectivity index (χ3v) is 3.79. The second kappa shape index (κ2) is 6.83. The van der Waals surface area contributed by atoms with Gasteiger partial charge in [0.25, 0.3) is 0 Å². The van der Waals surface area contributed by atoms with Crippen molar-refractivity contribution in [3.05, 3.63) is 48.0 Å². The summed E-state index contributed by atoms with van der Waals surface area (Å²) in [7, 11) is 0. The highest BCUT2D eigenvalue weighted by atomic mass is 19.3. The third-order valence-electron chi connectivity index (χ3n) is 3.79. The van der Waals surface area contributed by atoms with E-state index < -0.39 is 5.92 Å². The molecule has 0 amide bonds. The number of fused-ring (bicyclic) bond motifs is 1. The predicted octanol–water partition coefficient (Wildman–Crippen LogP) is 5.99. The molecule has 2 heteroatoms. The van der Waals surface area contributed by atoms with E-state index >= 15 is 0 Å². The van der Waals surface area contributed by atoms with Crippen LogP contribution in [0, 0.1) is 0 Å². The first kappa shape index (κ1) is 15.0. The monoisotopic (exact) mass is 276 g/mol. The molecule has 0 atom stereocenters. The zero-order valence-corrected chi connectivity index (χ0v) is 12.0. The van der Waals surface area contributed by atoms with Gasteiger partial charge in [0, 0.05) is 12.8 Å². The first-order valence-electron chi connectivity index (χ1n) is 7.47. The van der Waals surface area contributed by atoms with Crippen molar-refractivity contribution in [3.8, 4) is 0 Å².